The molecule has 1 saturated heterocycles. The number of nitrogens with zero attached hydrogens (tertiary/aromatic N) is 6. The molecule has 2 rings (SSSR count). The van der Waals surface area contributed by atoms with E-state index in [0.717, 1.165) is 0 Å². The minimum atomic E-state index is -0.0644. The van der Waals surface area contributed by atoms with Gasteiger partial charge >= 0.3 is 0 Å². The van der Waals surface area contributed by atoms with E-state index < -0.39 is 0 Å². The summed E-state index contributed by atoms with van der Waals surface area (Å²) in [5.41, 5.74) is 8.23. The van der Waals surface area contributed by atoms with E-state index in [4.69, 9.17) is 17.1 Å². The van der Waals surface area contributed by atoms with Crippen LogP contribution in [0.2, 0.25) is 5.02 Å². The van der Waals surface area contributed by atoms with Crippen molar-refractivity contribution in [2.75, 3.05) is 18.0 Å². The lowest BCUT2D eigenvalue weighted by Gasteiger charge is -2.13. The van der Waals surface area contributed by atoms with Crippen molar-refractivity contribution in [3.63, 3.8) is 0 Å². The van der Waals surface area contributed by atoms with Crippen LogP contribution < -0.4 is 4.90 Å². The fourth-order valence-corrected chi connectivity index (χ4v) is 1.79. The zero-order chi connectivity index (χ0) is 12.3. The average molecular weight is 253 g/mol. The third-order valence-corrected chi connectivity index (χ3v) is 2.65. The number of aromatic nitrogens is 2. The number of halogens is 1. The van der Waals surface area contributed by atoms with Gasteiger partial charge in [-0.2, -0.15) is 0 Å². The highest BCUT2D eigenvalue weighted by molar-refractivity contribution is 6.30. The van der Waals surface area contributed by atoms with E-state index >= 15 is 0 Å². The summed E-state index contributed by atoms with van der Waals surface area (Å²) in [4.78, 5) is 23.8. The number of rotatable bonds is 3. The molecule has 1 atom stereocenters. The minimum Gasteiger partial charge on any atom is -0.280 e. The second-order valence-corrected chi connectivity index (χ2v) is 4.13. The van der Waals surface area contributed by atoms with Gasteiger partial charge in [0, 0.05) is 24.4 Å². The van der Waals surface area contributed by atoms with Crippen LogP contribution in [0.25, 0.3) is 10.4 Å². The molecular formula is C9H9ClN6O. The summed E-state index contributed by atoms with van der Waals surface area (Å²) in [6.07, 6.45) is 3.24. The van der Waals surface area contributed by atoms with Crippen LogP contribution in [0, 0.1) is 5.92 Å². The SMILES string of the molecule is [N-]=[N+]=NCC1CC(=O)N(c2ncc(Cl)cn2)C1. The monoisotopic (exact) mass is 252 g/mol. The van der Waals surface area contributed by atoms with E-state index in [2.05, 4.69) is 20.0 Å². The lowest BCUT2D eigenvalue weighted by molar-refractivity contribution is -0.117. The number of carbonyl (C=O) groups excluding carboxylic acids is 1. The Balaban J connectivity index is 2.10. The molecule has 0 radical (unpaired) electrons. The van der Waals surface area contributed by atoms with Crippen LogP contribution in [0.1, 0.15) is 6.42 Å². The predicted molar refractivity (Wildman–Crippen MR) is 61.5 cm³/mol. The van der Waals surface area contributed by atoms with Gasteiger partial charge in [-0.3, -0.25) is 9.69 Å². The molecule has 0 aliphatic carbocycles. The normalized spacial score (nSPS) is 19.2. The van der Waals surface area contributed by atoms with Crippen molar-refractivity contribution in [1.82, 2.24) is 9.97 Å². The highest BCUT2D eigenvalue weighted by atomic mass is 35.5. The van der Waals surface area contributed by atoms with Crippen LogP contribution in [-0.4, -0.2) is 29.0 Å². The van der Waals surface area contributed by atoms with Gasteiger partial charge in [0.05, 0.1) is 17.4 Å². The topological polar surface area (TPSA) is 94.9 Å². The summed E-state index contributed by atoms with van der Waals surface area (Å²) in [5, 5.41) is 3.89. The fraction of sp³-hybridized carbons (Fsp3) is 0.444. The summed E-state index contributed by atoms with van der Waals surface area (Å²) in [6, 6.07) is 0. The van der Waals surface area contributed by atoms with E-state index in [1.54, 1.807) is 0 Å². The van der Waals surface area contributed by atoms with Crippen molar-refractivity contribution in [3.05, 3.63) is 27.9 Å². The third-order valence-electron chi connectivity index (χ3n) is 2.46. The van der Waals surface area contributed by atoms with Gasteiger partial charge < -0.3 is 0 Å². The average Bonchev–Trinajstić information content (AvgIpc) is 2.69. The minimum absolute atomic E-state index is 0.0256. The van der Waals surface area contributed by atoms with Gasteiger partial charge in [0.2, 0.25) is 11.9 Å². The van der Waals surface area contributed by atoms with Crippen molar-refractivity contribution in [2.24, 2.45) is 11.0 Å². The smallest absolute Gasteiger partial charge is 0.232 e. The second kappa shape index (κ2) is 4.99. The quantitative estimate of drug-likeness (QED) is 0.466. The molecule has 0 bridgehead atoms. The molecule has 0 saturated carbocycles. The van der Waals surface area contributed by atoms with E-state index in [0.29, 0.717) is 30.5 Å². The summed E-state index contributed by atoms with van der Waals surface area (Å²) in [7, 11) is 0. The van der Waals surface area contributed by atoms with Gasteiger partial charge in [-0.1, -0.05) is 16.7 Å². The molecule has 0 spiro atoms. The zero-order valence-electron chi connectivity index (χ0n) is 8.82. The molecule has 1 aliphatic rings. The van der Waals surface area contributed by atoms with E-state index in [1.807, 2.05) is 0 Å². The van der Waals surface area contributed by atoms with Crippen LogP contribution in [-0.2, 0) is 4.79 Å². The first-order valence-corrected chi connectivity index (χ1v) is 5.37. The van der Waals surface area contributed by atoms with Crippen molar-refractivity contribution >= 4 is 23.5 Å². The van der Waals surface area contributed by atoms with Gasteiger partial charge in [0.1, 0.15) is 0 Å². The van der Waals surface area contributed by atoms with Crippen LogP contribution in [0.3, 0.4) is 0 Å². The van der Waals surface area contributed by atoms with Crippen LogP contribution >= 0.6 is 11.6 Å². The molecule has 1 aromatic heterocycles. The number of azide groups is 1. The van der Waals surface area contributed by atoms with Crippen LogP contribution in [0.4, 0.5) is 5.95 Å². The van der Waals surface area contributed by atoms with Gasteiger partial charge in [-0.05, 0) is 11.4 Å². The molecule has 8 heteroatoms. The van der Waals surface area contributed by atoms with E-state index in [9.17, 15) is 4.79 Å². The lowest BCUT2D eigenvalue weighted by Crippen LogP contribution is -2.26. The molecule has 1 fully saturated rings. The number of anilines is 1. The summed E-state index contributed by atoms with van der Waals surface area (Å²) < 4.78 is 0. The highest BCUT2D eigenvalue weighted by Gasteiger charge is 2.31. The van der Waals surface area contributed by atoms with Gasteiger partial charge in [0.25, 0.3) is 0 Å². The zero-order valence-corrected chi connectivity index (χ0v) is 9.58. The summed E-state index contributed by atoms with van der Waals surface area (Å²) >= 11 is 5.67. The number of amides is 1. The highest BCUT2D eigenvalue weighted by Crippen LogP contribution is 2.22. The molecule has 2 heterocycles. The van der Waals surface area contributed by atoms with Crippen molar-refractivity contribution < 1.29 is 4.79 Å². The van der Waals surface area contributed by atoms with Crippen molar-refractivity contribution in [1.29, 1.82) is 0 Å². The van der Waals surface area contributed by atoms with Gasteiger partial charge in [-0.15, -0.1) is 0 Å². The Kier molecular flexibility index (Phi) is 3.41. The number of hydrogen-bond acceptors (Lipinski definition) is 4. The maximum absolute atomic E-state index is 11.7. The molecule has 88 valence electrons. The maximum Gasteiger partial charge on any atom is 0.232 e. The van der Waals surface area contributed by atoms with Gasteiger partial charge in [-0.25, -0.2) is 9.97 Å². The second-order valence-electron chi connectivity index (χ2n) is 3.69. The van der Waals surface area contributed by atoms with Crippen LogP contribution in [0.5, 0.6) is 0 Å². The van der Waals surface area contributed by atoms with Gasteiger partial charge in [0.15, 0.2) is 0 Å². The summed E-state index contributed by atoms with van der Waals surface area (Å²) in [6.45, 7) is 0.784. The predicted octanol–water partition coefficient (Wildman–Crippen LogP) is 1.79. The summed E-state index contributed by atoms with van der Waals surface area (Å²) in [5.74, 6) is 0.297. The Morgan fingerprint density at radius 3 is 2.94 bits per heavy atom. The molecule has 0 aromatic carbocycles. The van der Waals surface area contributed by atoms with E-state index in [-0.39, 0.29) is 11.8 Å². The number of carbonyl (C=O) groups is 1. The molecule has 1 unspecified atom stereocenters. The first-order valence-electron chi connectivity index (χ1n) is 4.99. The first-order chi connectivity index (χ1) is 8.20. The third kappa shape index (κ3) is 2.64. The molecule has 17 heavy (non-hydrogen) atoms. The molecule has 7 nitrogen and oxygen atoms in total. The Bertz CT molecular complexity index is 469. The Hall–Kier alpha value is -1.85. The largest absolute Gasteiger partial charge is 0.280 e. The Morgan fingerprint density at radius 1 is 1.59 bits per heavy atom. The standard InChI is InChI=1S/C9H9ClN6O/c10-7-3-12-9(13-4-7)16-5-6(1-8(16)17)2-14-15-11/h3-4,6H,1-2,5H2. The fourth-order valence-electron chi connectivity index (χ4n) is 1.69. The first kappa shape index (κ1) is 11.6. The lowest BCUT2D eigenvalue weighted by atomic mass is 10.1. The van der Waals surface area contributed by atoms with Crippen molar-refractivity contribution in [3.8, 4) is 0 Å². The van der Waals surface area contributed by atoms with Crippen LogP contribution in [0.15, 0.2) is 17.5 Å². The molecule has 1 aromatic rings. The molecule has 0 N–H and O–H groups in total. The van der Waals surface area contributed by atoms with Crippen molar-refractivity contribution in [2.45, 2.75) is 6.42 Å². The van der Waals surface area contributed by atoms with E-state index in [1.165, 1.54) is 17.3 Å². The Labute approximate surface area is 102 Å². The molecular weight excluding hydrogens is 244 g/mol. The maximum atomic E-state index is 11.7. The molecule has 1 amide bonds. The number of hydrogen-bond donors (Lipinski definition) is 0. The molecule has 1 aliphatic heterocycles. The Morgan fingerprint density at radius 2 is 2.29 bits per heavy atom.